The van der Waals surface area contributed by atoms with Crippen LogP contribution in [0.3, 0.4) is 0 Å². The van der Waals surface area contributed by atoms with Gasteiger partial charge in [-0.25, -0.2) is 8.78 Å². The zero-order chi connectivity index (χ0) is 7.78. The first-order chi connectivity index (χ1) is 4.60. The quantitative estimate of drug-likeness (QED) is 0.554. The van der Waals surface area contributed by atoms with E-state index >= 15 is 0 Å². The lowest BCUT2D eigenvalue weighted by atomic mass is 9.69. The molecule has 10 heavy (non-hydrogen) atoms. The van der Waals surface area contributed by atoms with Gasteiger partial charge in [0.15, 0.2) is 0 Å². The molecule has 54 valence electrons. The van der Waals surface area contributed by atoms with E-state index in [2.05, 4.69) is 0 Å². The molecule has 0 atom stereocenters. The van der Waals surface area contributed by atoms with Crippen molar-refractivity contribution < 1.29 is 13.6 Å². The zero-order valence-corrected chi connectivity index (χ0v) is 5.10. The molecule has 1 rings (SSSR count). The Morgan fingerprint density at radius 3 is 2.20 bits per heavy atom. The molecule has 0 bridgehead atoms. The molecule has 1 aliphatic rings. The third kappa shape index (κ3) is 0.783. The van der Waals surface area contributed by atoms with Crippen LogP contribution < -0.4 is 0 Å². The van der Waals surface area contributed by atoms with Crippen molar-refractivity contribution in [1.29, 1.82) is 5.26 Å². The van der Waals surface area contributed by atoms with Crippen molar-refractivity contribution in [1.82, 2.24) is 0 Å². The Kier molecular flexibility index (Phi) is 1.43. The Labute approximate surface area is 56.4 Å². The van der Waals surface area contributed by atoms with Crippen molar-refractivity contribution in [3.05, 3.63) is 0 Å². The maximum absolute atomic E-state index is 11.9. The van der Waals surface area contributed by atoms with E-state index in [1.165, 1.54) is 6.07 Å². The number of Topliss-reactive ketones (excluding diaryl/α,β-unsaturated/α-hetero) is 1. The van der Waals surface area contributed by atoms with Crippen molar-refractivity contribution in [2.75, 3.05) is 0 Å². The molecule has 0 aromatic carbocycles. The zero-order valence-electron chi connectivity index (χ0n) is 5.10. The van der Waals surface area contributed by atoms with Crippen molar-refractivity contribution in [3.8, 4) is 6.07 Å². The van der Waals surface area contributed by atoms with Crippen molar-refractivity contribution in [2.24, 2.45) is 5.41 Å². The van der Waals surface area contributed by atoms with E-state index in [4.69, 9.17) is 5.26 Å². The third-order valence-corrected chi connectivity index (χ3v) is 1.67. The molecule has 1 aliphatic carbocycles. The highest BCUT2D eigenvalue weighted by Gasteiger charge is 2.51. The third-order valence-electron chi connectivity index (χ3n) is 1.67. The smallest absolute Gasteiger partial charge is 0.257 e. The molecule has 0 unspecified atom stereocenters. The summed E-state index contributed by atoms with van der Waals surface area (Å²) in [5.74, 6) is -0.248. The van der Waals surface area contributed by atoms with Gasteiger partial charge < -0.3 is 0 Å². The van der Waals surface area contributed by atoms with Gasteiger partial charge in [0, 0.05) is 12.8 Å². The molecule has 1 saturated carbocycles. The molecule has 0 spiro atoms. The molecule has 0 heterocycles. The summed E-state index contributed by atoms with van der Waals surface area (Å²) in [5.41, 5.74) is -1.64. The number of carbonyl (C=O) groups is 1. The molecule has 0 amide bonds. The molecular formula is C6H5F2NO. The fourth-order valence-electron chi connectivity index (χ4n) is 0.934. The minimum Gasteiger partial charge on any atom is -0.300 e. The predicted octanol–water partition coefficient (Wildman–Crippen LogP) is 1.12. The molecule has 0 radical (unpaired) electrons. The van der Waals surface area contributed by atoms with Gasteiger partial charge in [-0.2, -0.15) is 5.26 Å². The molecule has 0 aromatic heterocycles. The highest BCUT2D eigenvalue weighted by atomic mass is 19.3. The SMILES string of the molecule is N#CC1(C(F)F)CC(=O)C1. The molecule has 4 heteroatoms. The molecule has 2 nitrogen and oxygen atoms in total. The highest BCUT2D eigenvalue weighted by molar-refractivity contribution is 5.87. The summed E-state index contributed by atoms with van der Waals surface area (Å²) in [6, 6.07) is 1.47. The monoisotopic (exact) mass is 145 g/mol. The average Bonchev–Trinajstić information content (AvgIpc) is 1.79. The maximum Gasteiger partial charge on any atom is 0.257 e. The first-order valence-electron chi connectivity index (χ1n) is 2.82. The van der Waals surface area contributed by atoms with Crippen LogP contribution >= 0.6 is 0 Å². The Balaban J connectivity index is 2.68. The lowest BCUT2D eigenvalue weighted by molar-refractivity contribution is -0.137. The summed E-state index contributed by atoms with van der Waals surface area (Å²) >= 11 is 0. The van der Waals surface area contributed by atoms with Gasteiger partial charge >= 0.3 is 0 Å². The maximum atomic E-state index is 11.9. The number of hydrogen-bond donors (Lipinski definition) is 0. The van der Waals surface area contributed by atoms with Crippen molar-refractivity contribution >= 4 is 5.78 Å². The molecule has 1 fully saturated rings. The van der Waals surface area contributed by atoms with Crippen LogP contribution in [0.1, 0.15) is 12.8 Å². The molecule has 0 N–H and O–H groups in total. The molecule has 0 saturated heterocycles. The lowest BCUT2D eigenvalue weighted by Crippen LogP contribution is -2.42. The van der Waals surface area contributed by atoms with Gasteiger partial charge in [0.1, 0.15) is 11.2 Å². The minimum absolute atomic E-state index is 0.248. The number of ketones is 1. The summed E-state index contributed by atoms with van der Waals surface area (Å²) in [6.45, 7) is 0. The summed E-state index contributed by atoms with van der Waals surface area (Å²) in [5, 5.41) is 8.24. The fourth-order valence-corrected chi connectivity index (χ4v) is 0.934. The molecular weight excluding hydrogens is 140 g/mol. The van der Waals surface area contributed by atoms with Gasteiger partial charge in [-0.15, -0.1) is 0 Å². The van der Waals surface area contributed by atoms with Crippen LogP contribution in [0.25, 0.3) is 0 Å². The Morgan fingerprint density at radius 2 is 2.10 bits per heavy atom. The van der Waals surface area contributed by atoms with E-state index < -0.39 is 11.8 Å². The van der Waals surface area contributed by atoms with Gasteiger partial charge in [0.05, 0.1) is 6.07 Å². The van der Waals surface area contributed by atoms with Crippen molar-refractivity contribution in [3.63, 3.8) is 0 Å². The Bertz CT molecular complexity index is 198. The van der Waals surface area contributed by atoms with E-state index in [-0.39, 0.29) is 18.6 Å². The van der Waals surface area contributed by atoms with Crippen LogP contribution in [-0.2, 0) is 4.79 Å². The van der Waals surface area contributed by atoms with Crippen LogP contribution in [0, 0.1) is 16.7 Å². The number of hydrogen-bond acceptors (Lipinski definition) is 2. The number of nitriles is 1. The number of carbonyl (C=O) groups excluding carboxylic acids is 1. The van der Waals surface area contributed by atoms with Gasteiger partial charge in [0.25, 0.3) is 6.43 Å². The highest BCUT2D eigenvalue weighted by Crippen LogP contribution is 2.42. The Hall–Kier alpha value is -0.980. The van der Waals surface area contributed by atoms with E-state index in [1.807, 2.05) is 0 Å². The molecule has 0 aromatic rings. The van der Waals surface area contributed by atoms with E-state index in [0.29, 0.717) is 0 Å². The van der Waals surface area contributed by atoms with Crippen molar-refractivity contribution in [2.45, 2.75) is 19.3 Å². The number of alkyl halides is 2. The van der Waals surface area contributed by atoms with E-state index in [1.54, 1.807) is 0 Å². The minimum atomic E-state index is -2.69. The van der Waals surface area contributed by atoms with Crippen LogP contribution in [0.15, 0.2) is 0 Å². The fraction of sp³-hybridized carbons (Fsp3) is 0.667. The van der Waals surface area contributed by atoms with Crippen LogP contribution in [-0.4, -0.2) is 12.2 Å². The first kappa shape index (κ1) is 7.13. The average molecular weight is 145 g/mol. The summed E-state index contributed by atoms with van der Waals surface area (Å²) < 4.78 is 23.9. The van der Waals surface area contributed by atoms with Gasteiger partial charge in [-0.05, 0) is 0 Å². The summed E-state index contributed by atoms with van der Waals surface area (Å²) in [4.78, 5) is 10.3. The first-order valence-corrected chi connectivity index (χ1v) is 2.82. The van der Waals surface area contributed by atoms with Gasteiger partial charge in [-0.3, -0.25) is 4.79 Å². The second-order valence-corrected chi connectivity index (χ2v) is 2.46. The number of nitrogens with zero attached hydrogens (tertiary/aromatic N) is 1. The van der Waals surface area contributed by atoms with E-state index in [0.717, 1.165) is 0 Å². The second-order valence-electron chi connectivity index (χ2n) is 2.46. The standard InChI is InChI=1S/C6H5F2NO/c7-5(8)6(3-9)1-4(10)2-6/h5H,1-2H2. The summed E-state index contributed by atoms with van der Waals surface area (Å²) in [6.07, 6.45) is -3.24. The lowest BCUT2D eigenvalue weighted by Gasteiger charge is -2.32. The topological polar surface area (TPSA) is 40.9 Å². The number of rotatable bonds is 1. The largest absolute Gasteiger partial charge is 0.300 e. The summed E-state index contributed by atoms with van der Waals surface area (Å²) in [7, 11) is 0. The van der Waals surface area contributed by atoms with Gasteiger partial charge in [0.2, 0.25) is 0 Å². The van der Waals surface area contributed by atoms with Crippen LogP contribution in [0.4, 0.5) is 8.78 Å². The normalized spacial score (nSPS) is 22.0. The second kappa shape index (κ2) is 2.01. The van der Waals surface area contributed by atoms with Crippen LogP contribution in [0.2, 0.25) is 0 Å². The van der Waals surface area contributed by atoms with E-state index in [9.17, 15) is 13.6 Å². The number of halogens is 2. The van der Waals surface area contributed by atoms with Crippen LogP contribution in [0.5, 0.6) is 0 Å². The van der Waals surface area contributed by atoms with Gasteiger partial charge in [-0.1, -0.05) is 0 Å². The predicted molar refractivity (Wildman–Crippen MR) is 28.3 cm³/mol. The Morgan fingerprint density at radius 1 is 1.60 bits per heavy atom. The molecule has 0 aliphatic heterocycles.